The lowest BCUT2D eigenvalue weighted by Gasteiger charge is -2.14. The van der Waals surface area contributed by atoms with Crippen LogP contribution in [0.15, 0.2) is 64.3 Å². The van der Waals surface area contributed by atoms with Crippen LogP contribution in [0, 0.1) is 0 Å². The standard InChI is InChI=1S/C20H14ClF3N2O6S/c1-2-31-19(28)18-15(11-17(27)26(25-18)13-6-4-3-5-7-13)32-33(29,30)16-10-12(20(22,23)24)8-9-14(16)21/h3-11H,2H2,1H3. The molecule has 33 heavy (non-hydrogen) atoms. The lowest BCUT2D eigenvalue weighted by atomic mass is 10.2. The Balaban J connectivity index is 2.14. The molecule has 0 N–H and O–H groups in total. The molecule has 0 amide bonds. The number of ether oxygens (including phenoxy) is 1. The molecule has 0 fully saturated rings. The summed E-state index contributed by atoms with van der Waals surface area (Å²) < 4.78 is 75.1. The van der Waals surface area contributed by atoms with E-state index in [2.05, 4.69) is 5.10 Å². The van der Waals surface area contributed by atoms with Crippen LogP contribution in [0.2, 0.25) is 5.02 Å². The molecule has 0 spiro atoms. The fraction of sp³-hybridized carbons (Fsp3) is 0.150. The Hall–Kier alpha value is -3.38. The van der Waals surface area contributed by atoms with E-state index in [1.807, 2.05) is 0 Å². The van der Waals surface area contributed by atoms with E-state index in [9.17, 15) is 31.2 Å². The molecule has 0 radical (unpaired) electrons. The third-order valence-electron chi connectivity index (χ3n) is 4.09. The highest BCUT2D eigenvalue weighted by atomic mass is 35.5. The highest BCUT2D eigenvalue weighted by molar-refractivity contribution is 7.87. The van der Waals surface area contributed by atoms with Crippen molar-refractivity contribution in [3.8, 4) is 11.4 Å². The van der Waals surface area contributed by atoms with Gasteiger partial charge in [-0.1, -0.05) is 29.8 Å². The van der Waals surface area contributed by atoms with Crippen LogP contribution >= 0.6 is 11.6 Å². The van der Waals surface area contributed by atoms with Crippen molar-refractivity contribution in [3.05, 3.63) is 81.2 Å². The van der Waals surface area contributed by atoms with Crippen molar-refractivity contribution in [2.75, 3.05) is 6.61 Å². The number of rotatable bonds is 6. The topological polar surface area (TPSA) is 105 Å². The molecule has 2 aromatic carbocycles. The fourth-order valence-corrected chi connectivity index (χ4v) is 4.07. The van der Waals surface area contributed by atoms with Gasteiger partial charge in [-0.05, 0) is 37.3 Å². The summed E-state index contributed by atoms with van der Waals surface area (Å²) in [5, 5.41) is 3.28. The van der Waals surface area contributed by atoms with Gasteiger partial charge in [0.05, 0.1) is 28.9 Å². The average molecular weight is 503 g/mol. The Morgan fingerprint density at radius 2 is 1.79 bits per heavy atom. The maximum atomic E-state index is 13.0. The summed E-state index contributed by atoms with van der Waals surface area (Å²) in [6, 6.07) is 10.1. The first-order valence-electron chi connectivity index (χ1n) is 9.12. The van der Waals surface area contributed by atoms with Crippen LogP contribution in [0.3, 0.4) is 0 Å². The molecule has 0 saturated heterocycles. The second kappa shape index (κ2) is 9.24. The number of halogens is 4. The van der Waals surface area contributed by atoms with E-state index >= 15 is 0 Å². The van der Waals surface area contributed by atoms with Crippen LogP contribution in [-0.4, -0.2) is 30.8 Å². The number of hydrogen-bond acceptors (Lipinski definition) is 7. The van der Waals surface area contributed by atoms with Gasteiger partial charge in [0.25, 0.3) is 5.56 Å². The van der Waals surface area contributed by atoms with Crippen LogP contribution in [0.1, 0.15) is 23.0 Å². The molecule has 8 nitrogen and oxygen atoms in total. The van der Waals surface area contributed by atoms with Crippen molar-refractivity contribution in [3.63, 3.8) is 0 Å². The molecule has 174 valence electrons. The van der Waals surface area contributed by atoms with Gasteiger partial charge in [0.1, 0.15) is 4.90 Å². The summed E-state index contributed by atoms with van der Waals surface area (Å²) in [5.41, 5.74) is -2.61. The molecule has 0 saturated carbocycles. The van der Waals surface area contributed by atoms with Gasteiger partial charge >= 0.3 is 22.3 Å². The zero-order valence-corrected chi connectivity index (χ0v) is 18.2. The van der Waals surface area contributed by atoms with Crippen LogP contribution in [0.4, 0.5) is 13.2 Å². The molecule has 0 aliphatic rings. The Labute approximate surface area is 190 Å². The van der Waals surface area contributed by atoms with Crippen LogP contribution in [0.25, 0.3) is 5.69 Å². The molecule has 13 heteroatoms. The predicted octanol–water partition coefficient (Wildman–Crippen LogP) is 3.85. The van der Waals surface area contributed by atoms with E-state index < -0.39 is 54.7 Å². The number of nitrogens with zero attached hydrogens (tertiary/aromatic N) is 2. The third-order valence-corrected chi connectivity index (χ3v) is 5.81. The quantitative estimate of drug-likeness (QED) is 0.372. The molecule has 0 aliphatic carbocycles. The number of esters is 1. The molecule has 0 aliphatic heterocycles. The van der Waals surface area contributed by atoms with Gasteiger partial charge in [-0.25, -0.2) is 4.79 Å². The Morgan fingerprint density at radius 1 is 1.12 bits per heavy atom. The normalized spacial score (nSPS) is 11.8. The fourth-order valence-electron chi connectivity index (χ4n) is 2.63. The van der Waals surface area contributed by atoms with E-state index in [0.717, 1.165) is 10.7 Å². The van der Waals surface area contributed by atoms with Crippen molar-refractivity contribution < 1.29 is 35.3 Å². The van der Waals surface area contributed by atoms with Crippen LogP contribution in [-0.2, 0) is 21.0 Å². The summed E-state index contributed by atoms with van der Waals surface area (Å²) in [4.78, 5) is 23.9. The van der Waals surface area contributed by atoms with E-state index in [-0.39, 0.29) is 18.4 Å². The molecule has 3 aromatic rings. The third kappa shape index (κ3) is 5.34. The lowest BCUT2D eigenvalue weighted by Crippen LogP contribution is -2.26. The van der Waals surface area contributed by atoms with Gasteiger partial charge < -0.3 is 8.92 Å². The molecule has 1 heterocycles. The van der Waals surface area contributed by atoms with Gasteiger partial charge in [0.15, 0.2) is 5.75 Å². The van der Waals surface area contributed by atoms with E-state index in [4.69, 9.17) is 20.5 Å². The zero-order valence-electron chi connectivity index (χ0n) is 16.7. The van der Waals surface area contributed by atoms with Crippen molar-refractivity contribution in [1.29, 1.82) is 0 Å². The predicted molar refractivity (Wildman–Crippen MR) is 110 cm³/mol. The number of carbonyl (C=O) groups is 1. The Morgan fingerprint density at radius 3 is 2.39 bits per heavy atom. The van der Waals surface area contributed by atoms with E-state index in [0.29, 0.717) is 12.1 Å². The molecule has 1 aromatic heterocycles. The van der Waals surface area contributed by atoms with E-state index in [1.54, 1.807) is 18.2 Å². The van der Waals surface area contributed by atoms with E-state index in [1.165, 1.54) is 19.1 Å². The second-order valence-corrected chi connectivity index (χ2v) is 8.27. The maximum absolute atomic E-state index is 13.0. The largest absolute Gasteiger partial charge is 0.461 e. The monoisotopic (exact) mass is 502 g/mol. The maximum Gasteiger partial charge on any atom is 0.416 e. The zero-order chi connectivity index (χ0) is 24.4. The van der Waals surface area contributed by atoms with Gasteiger partial charge in [0, 0.05) is 0 Å². The average Bonchev–Trinajstić information content (AvgIpc) is 2.73. The summed E-state index contributed by atoms with van der Waals surface area (Å²) in [5.74, 6) is -1.96. The van der Waals surface area contributed by atoms with Crippen LogP contribution < -0.4 is 9.74 Å². The molecular formula is C20H14ClF3N2O6S. The van der Waals surface area contributed by atoms with Crippen molar-refractivity contribution >= 4 is 27.7 Å². The van der Waals surface area contributed by atoms with Crippen molar-refractivity contribution in [2.24, 2.45) is 0 Å². The smallest absolute Gasteiger partial charge is 0.416 e. The second-order valence-electron chi connectivity index (χ2n) is 6.34. The van der Waals surface area contributed by atoms with Crippen molar-refractivity contribution in [1.82, 2.24) is 9.78 Å². The highest BCUT2D eigenvalue weighted by Gasteiger charge is 2.34. The minimum absolute atomic E-state index is 0.114. The van der Waals surface area contributed by atoms with Gasteiger partial charge in [-0.2, -0.15) is 31.4 Å². The first kappa shape index (κ1) is 24.3. The SMILES string of the molecule is CCOC(=O)c1nn(-c2ccccc2)c(=O)cc1OS(=O)(=O)c1cc(C(F)(F)F)ccc1Cl. The number of benzene rings is 2. The first-order valence-corrected chi connectivity index (χ1v) is 10.9. The molecule has 0 atom stereocenters. The van der Waals surface area contributed by atoms with Crippen molar-refractivity contribution in [2.45, 2.75) is 18.0 Å². The Kier molecular flexibility index (Phi) is 6.79. The van der Waals surface area contributed by atoms with Gasteiger partial charge in [-0.3, -0.25) is 4.79 Å². The first-order chi connectivity index (χ1) is 15.4. The number of hydrogen-bond donors (Lipinski definition) is 0. The molecule has 3 rings (SSSR count). The summed E-state index contributed by atoms with van der Waals surface area (Å²) >= 11 is 5.79. The van der Waals surface area contributed by atoms with Gasteiger partial charge in [-0.15, -0.1) is 0 Å². The number of carbonyl (C=O) groups excluding carboxylic acids is 1. The Bertz CT molecular complexity index is 1360. The lowest BCUT2D eigenvalue weighted by molar-refractivity contribution is -0.137. The minimum atomic E-state index is -5.02. The summed E-state index contributed by atoms with van der Waals surface area (Å²) in [6.45, 7) is 1.36. The van der Waals surface area contributed by atoms with Gasteiger partial charge in [0.2, 0.25) is 5.69 Å². The number of aromatic nitrogens is 2. The molecular weight excluding hydrogens is 489 g/mol. The summed E-state index contributed by atoms with van der Waals surface area (Å²) in [6.07, 6.45) is -4.86. The number of alkyl halides is 3. The molecule has 0 bridgehead atoms. The summed E-state index contributed by atoms with van der Waals surface area (Å²) in [7, 11) is -5.02. The number of para-hydroxylation sites is 1. The highest BCUT2D eigenvalue weighted by Crippen LogP contribution is 2.34. The van der Waals surface area contributed by atoms with Crippen LogP contribution in [0.5, 0.6) is 5.75 Å². The molecule has 0 unspecified atom stereocenters. The minimum Gasteiger partial charge on any atom is -0.461 e.